The third-order valence-electron chi connectivity index (χ3n) is 3.15. The largest absolute Gasteiger partial charge is 0.359 e. The van der Waals surface area contributed by atoms with Gasteiger partial charge in [-0.15, -0.1) is 0 Å². The van der Waals surface area contributed by atoms with Crippen LogP contribution in [0.3, 0.4) is 0 Å². The van der Waals surface area contributed by atoms with Crippen molar-refractivity contribution in [3.8, 4) is 0 Å². The summed E-state index contributed by atoms with van der Waals surface area (Å²) < 4.78 is 0. The Labute approximate surface area is 93.0 Å². The summed E-state index contributed by atoms with van der Waals surface area (Å²) >= 11 is 0. The quantitative estimate of drug-likeness (QED) is 0.428. The Balaban J connectivity index is 2.89. The molecule has 0 spiro atoms. The standard InChI is InChI=1S/C10H16O6/c11-8(15-13)10(9(12)16-14)6-4-2-1-3-5-7-10/h13-14H,1-7H2. The van der Waals surface area contributed by atoms with Crippen LogP contribution in [-0.4, -0.2) is 22.5 Å². The first kappa shape index (κ1) is 12.9. The summed E-state index contributed by atoms with van der Waals surface area (Å²) in [5.74, 6) is -2.10. The molecule has 1 aliphatic rings. The van der Waals surface area contributed by atoms with Gasteiger partial charge in [-0.1, -0.05) is 32.1 Å². The molecule has 0 unspecified atom stereocenters. The molecule has 0 amide bonds. The van der Waals surface area contributed by atoms with Crippen molar-refractivity contribution in [3.63, 3.8) is 0 Å². The van der Waals surface area contributed by atoms with Crippen molar-refractivity contribution >= 4 is 11.9 Å². The van der Waals surface area contributed by atoms with E-state index in [9.17, 15) is 9.59 Å². The minimum absolute atomic E-state index is 0.228. The van der Waals surface area contributed by atoms with E-state index < -0.39 is 17.4 Å². The molecule has 0 bridgehead atoms. The molecule has 1 rings (SSSR count). The predicted octanol–water partition coefficient (Wildman–Crippen LogP) is 1.75. The molecule has 0 heterocycles. The van der Waals surface area contributed by atoms with Crippen LogP contribution in [0, 0.1) is 5.41 Å². The summed E-state index contributed by atoms with van der Waals surface area (Å²) in [7, 11) is 0. The van der Waals surface area contributed by atoms with E-state index in [1.54, 1.807) is 0 Å². The van der Waals surface area contributed by atoms with Gasteiger partial charge in [-0.3, -0.25) is 9.78 Å². The Kier molecular flexibility index (Phi) is 4.70. The molecule has 92 valence electrons. The number of carbonyl (C=O) groups excluding carboxylic acids is 2. The van der Waals surface area contributed by atoms with Gasteiger partial charge in [0.2, 0.25) is 0 Å². The molecule has 0 atom stereocenters. The van der Waals surface area contributed by atoms with E-state index >= 15 is 0 Å². The Morgan fingerprint density at radius 1 is 0.812 bits per heavy atom. The lowest BCUT2D eigenvalue weighted by Gasteiger charge is -2.27. The van der Waals surface area contributed by atoms with Gasteiger partial charge in [0.15, 0.2) is 5.41 Å². The van der Waals surface area contributed by atoms with Crippen LogP contribution in [0.4, 0.5) is 0 Å². The lowest BCUT2D eigenvalue weighted by atomic mass is 9.76. The van der Waals surface area contributed by atoms with Gasteiger partial charge < -0.3 is 0 Å². The van der Waals surface area contributed by atoms with Gasteiger partial charge in [-0.25, -0.2) is 9.59 Å². The van der Waals surface area contributed by atoms with E-state index in [0.717, 1.165) is 19.3 Å². The first-order valence-corrected chi connectivity index (χ1v) is 5.39. The minimum atomic E-state index is -1.55. The Morgan fingerprint density at radius 2 is 1.19 bits per heavy atom. The fourth-order valence-electron chi connectivity index (χ4n) is 2.18. The minimum Gasteiger partial charge on any atom is -0.300 e. The first-order chi connectivity index (χ1) is 7.67. The van der Waals surface area contributed by atoms with Crippen molar-refractivity contribution in [3.05, 3.63) is 0 Å². The molecule has 1 aliphatic carbocycles. The molecule has 2 N–H and O–H groups in total. The molecule has 16 heavy (non-hydrogen) atoms. The van der Waals surface area contributed by atoms with Gasteiger partial charge in [0.05, 0.1) is 0 Å². The van der Waals surface area contributed by atoms with Crippen LogP contribution in [0.5, 0.6) is 0 Å². The zero-order valence-corrected chi connectivity index (χ0v) is 8.98. The third-order valence-corrected chi connectivity index (χ3v) is 3.15. The Bertz CT molecular complexity index is 236. The second-order valence-electron chi connectivity index (χ2n) is 4.11. The van der Waals surface area contributed by atoms with Gasteiger partial charge in [0.25, 0.3) is 0 Å². The topological polar surface area (TPSA) is 93.1 Å². The van der Waals surface area contributed by atoms with E-state index in [1.165, 1.54) is 0 Å². The van der Waals surface area contributed by atoms with Crippen molar-refractivity contribution < 1.29 is 29.9 Å². The molecule has 1 fully saturated rings. The highest BCUT2D eigenvalue weighted by Gasteiger charge is 2.49. The zero-order chi connectivity index (χ0) is 12.0. The molecule has 6 nitrogen and oxygen atoms in total. The van der Waals surface area contributed by atoms with Crippen molar-refractivity contribution in [1.82, 2.24) is 0 Å². The molecule has 6 heteroatoms. The summed E-state index contributed by atoms with van der Waals surface area (Å²) in [6.07, 6.45) is 4.63. The smallest absolute Gasteiger partial charge is 0.300 e. The fourth-order valence-corrected chi connectivity index (χ4v) is 2.18. The van der Waals surface area contributed by atoms with Crippen molar-refractivity contribution in [1.29, 1.82) is 0 Å². The van der Waals surface area contributed by atoms with E-state index in [1.807, 2.05) is 0 Å². The monoisotopic (exact) mass is 232 g/mol. The van der Waals surface area contributed by atoms with Crippen LogP contribution in [0.15, 0.2) is 0 Å². The molecule has 0 saturated heterocycles. The molecule has 0 radical (unpaired) electrons. The lowest BCUT2D eigenvalue weighted by Crippen LogP contribution is -2.41. The van der Waals surface area contributed by atoms with E-state index in [2.05, 4.69) is 9.78 Å². The Hall–Kier alpha value is -1.14. The summed E-state index contributed by atoms with van der Waals surface area (Å²) in [4.78, 5) is 30.3. The summed E-state index contributed by atoms with van der Waals surface area (Å²) in [6.45, 7) is 0. The highest BCUT2D eigenvalue weighted by molar-refractivity contribution is 5.99. The van der Waals surface area contributed by atoms with Gasteiger partial charge in [-0.2, -0.15) is 10.5 Å². The summed E-state index contributed by atoms with van der Waals surface area (Å²) in [5.41, 5.74) is -1.55. The number of rotatable bonds is 2. The average molecular weight is 232 g/mol. The predicted molar refractivity (Wildman–Crippen MR) is 52.2 cm³/mol. The van der Waals surface area contributed by atoms with Gasteiger partial charge >= 0.3 is 11.9 Å². The van der Waals surface area contributed by atoms with E-state index in [-0.39, 0.29) is 12.8 Å². The first-order valence-electron chi connectivity index (χ1n) is 5.39. The SMILES string of the molecule is O=C(OO)C1(C(=O)OO)CCCCCCC1. The molecule has 0 aromatic heterocycles. The van der Waals surface area contributed by atoms with Crippen LogP contribution in [-0.2, 0) is 19.4 Å². The van der Waals surface area contributed by atoms with Gasteiger partial charge in [0.1, 0.15) is 0 Å². The zero-order valence-electron chi connectivity index (χ0n) is 8.98. The maximum Gasteiger partial charge on any atom is 0.359 e. The van der Waals surface area contributed by atoms with Crippen LogP contribution < -0.4 is 0 Å². The van der Waals surface area contributed by atoms with Crippen LogP contribution >= 0.6 is 0 Å². The molecular weight excluding hydrogens is 216 g/mol. The number of carbonyl (C=O) groups is 2. The van der Waals surface area contributed by atoms with Crippen LogP contribution in [0.25, 0.3) is 0 Å². The number of hydrogen-bond acceptors (Lipinski definition) is 6. The average Bonchev–Trinajstić information content (AvgIpc) is 2.27. The highest BCUT2D eigenvalue weighted by Crippen LogP contribution is 2.36. The highest BCUT2D eigenvalue weighted by atomic mass is 17.1. The Morgan fingerprint density at radius 3 is 1.56 bits per heavy atom. The maximum atomic E-state index is 11.5. The normalized spacial score (nSPS) is 20.4. The van der Waals surface area contributed by atoms with Crippen LogP contribution in [0.1, 0.15) is 44.9 Å². The maximum absolute atomic E-state index is 11.5. The molecular formula is C10H16O6. The molecule has 1 saturated carbocycles. The van der Waals surface area contributed by atoms with Crippen molar-refractivity contribution in [2.45, 2.75) is 44.9 Å². The number of hydrogen-bond donors (Lipinski definition) is 2. The second-order valence-corrected chi connectivity index (χ2v) is 4.11. The van der Waals surface area contributed by atoms with Gasteiger partial charge in [0, 0.05) is 0 Å². The fraction of sp³-hybridized carbons (Fsp3) is 0.800. The van der Waals surface area contributed by atoms with Gasteiger partial charge in [-0.05, 0) is 12.8 Å². The molecule has 0 aromatic carbocycles. The van der Waals surface area contributed by atoms with E-state index in [0.29, 0.717) is 12.8 Å². The lowest BCUT2D eigenvalue weighted by molar-refractivity contribution is -0.265. The third kappa shape index (κ3) is 2.51. The summed E-state index contributed by atoms with van der Waals surface area (Å²) in [5, 5.41) is 16.8. The summed E-state index contributed by atoms with van der Waals surface area (Å²) in [6, 6.07) is 0. The molecule has 0 aromatic rings. The van der Waals surface area contributed by atoms with E-state index in [4.69, 9.17) is 10.5 Å². The second kappa shape index (κ2) is 5.81. The van der Waals surface area contributed by atoms with Crippen LogP contribution in [0.2, 0.25) is 0 Å². The molecule has 0 aliphatic heterocycles. The van der Waals surface area contributed by atoms with Crippen molar-refractivity contribution in [2.75, 3.05) is 0 Å². The van der Waals surface area contributed by atoms with Crippen molar-refractivity contribution in [2.24, 2.45) is 5.41 Å².